The summed E-state index contributed by atoms with van der Waals surface area (Å²) in [4.78, 5) is 11.6. The van der Waals surface area contributed by atoms with E-state index in [9.17, 15) is 15.0 Å². The molecule has 4 nitrogen and oxygen atoms in total. The number of aliphatic hydroxyl groups is 1. The molecule has 2 N–H and O–H groups in total. The number of aliphatic carboxylic acids is 1. The molecular weight excluding hydrogens is 424 g/mol. The highest BCUT2D eigenvalue weighted by molar-refractivity contribution is 5.66. The number of ether oxygens (including phenoxy) is 1. The molecule has 3 saturated carbocycles. The van der Waals surface area contributed by atoms with Gasteiger partial charge in [-0.3, -0.25) is 4.79 Å². The Hall–Kier alpha value is -0.870. The molecule has 34 heavy (non-hydrogen) atoms. The molecule has 0 aromatic rings. The summed E-state index contributed by atoms with van der Waals surface area (Å²) < 4.78 is 6.69. The van der Waals surface area contributed by atoms with E-state index in [4.69, 9.17) is 4.74 Å². The molecule has 0 aromatic heterocycles. The van der Waals surface area contributed by atoms with Crippen LogP contribution in [0.25, 0.3) is 0 Å². The van der Waals surface area contributed by atoms with Gasteiger partial charge in [-0.15, -0.1) is 0 Å². The molecule has 9 atom stereocenters. The Morgan fingerprint density at radius 2 is 1.62 bits per heavy atom. The summed E-state index contributed by atoms with van der Waals surface area (Å²) in [6, 6.07) is 0. The van der Waals surface area contributed by atoms with E-state index in [1.54, 1.807) is 0 Å². The molecule has 0 radical (unpaired) electrons. The zero-order valence-electron chi connectivity index (χ0n) is 22.9. The van der Waals surface area contributed by atoms with Gasteiger partial charge >= 0.3 is 5.97 Å². The molecule has 1 aliphatic heterocycles. The van der Waals surface area contributed by atoms with E-state index in [0.29, 0.717) is 23.7 Å². The van der Waals surface area contributed by atoms with Gasteiger partial charge in [-0.2, -0.15) is 0 Å². The van der Waals surface area contributed by atoms with Crippen LogP contribution < -0.4 is 0 Å². The highest BCUT2D eigenvalue weighted by Gasteiger charge is 2.68. The number of carbonyl (C=O) groups is 1. The smallest absolute Gasteiger partial charge is 0.303 e. The van der Waals surface area contributed by atoms with Crippen molar-refractivity contribution in [3.63, 3.8) is 0 Å². The highest BCUT2D eigenvalue weighted by atomic mass is 16.5. The van der Waals surface area contributed by atoms with E-state index in [-0.39, 0.29) is 34.4 Å². The molecule has 3 aliphatic carbocycles. The Morgan fingerprint density at radius 1 is 0.971 bits per heavy atom. The topological polar surface area (TPSA) is 66.8 Å². The first-order chi connectivity index (χ1) is 15.6. The predicted octanol–water partition coefficient (Wildman–Crippen LogP) is 7.00. The van der Waals surface area contributed by atoms with Gasteiger partial charge in [0.15, 0.2) is 0 Å². The van der Waals surface area contributed by atoms with Gasteiger partial charge in [0.25, 0.3) is 0 Å². The average Bonchev–Trinajstić information content (AvgIpc) is 3.29. The molecular formula is C30H50O4. The third kappa shape index (κ3) is 3.81. The second-order valence-corrected chi connectivity index (χ2v) is 14.2. The monoisotopic (exact) mass is 474 g/mol. The molecule has 4 rings (SSSR count). The molecule has 0 unspecified atom stereocenters. The number of rotatable bonds is 6. The Balaban J connectivity index is 1.64. The molecule has 194 valence electrons. The van der Waals surface area contributed by atoms with Gasteiger partial charge in [0.1, 0.15) is 0 Å². The fourth-order valence-electron chi connectivity index (χ4n) is 10.0. The van der Waals surface area contributed by atoms with Crippen molar-refractivity contribution in [1.82, 2.24) is 0 Å². The van der Waals surface area contributed by atoms with Crippen molar-refractivity contribution >= 4 is 5.97 Å². The standard InChI is InChI=1S/C30H50O4/c1-19(2)20-11-17-29(7)23(27(20,5)15-14-25(31)32)10-9-21-22(12-16-28(21,29)6)30(8)18-13-24(34-30)26(3,4)33/h20-24,33H,1,9-18H2,2-8H3,(H,31,32)/t20-,21-,22-,23+,24+,27-,28+,29+,30-/m0/s1. The number of carboxylic acids is 1. The summed E-state index contributed by atoms with van der Waals surface area (Å²) in [6.45, 7) is 20.1. The van der Waals surface area contributed by atoms with E-state index in [2.05, 4.69) is 41.2 Å². The Labute approximate surface area is 207 Å². The molecule has 0 spiro atoms. The lowest BCUT2D eigenvalue weighted by atomic mass is 9.38. The predicted molar refractivity (Wildman–Crippen MR) is 136 cm³/mol. The highest BCUT2D eigenvalue weighted by Crippen LogP contribution is 2.74. The molecule has 1 saturated heterocycles. The minimum atomic E-state index is -0.795. The normalized spacial score (nSPS) is 48.9. The summed E-state index contributed by atoms with van der Waals surface area (Å²) in [5.74, 6) is 1.42. The van der Waals surface area contributed by atoms with Crippen LogP contribution in [0.15, 0.2) is 12.2 Å². The maximum absolute atomic E-state index is 11.6. The Bertz CT molecular complexity index is 828. The number of fused-ring (bicyclic) bond motifs is 3. The number of allylic oxidation sites excluding steroid dienone is 1. The van der Waals surface area contributed by atoms with Crippen molar-refractivity contribution in [2.45, 2.75) is 130 Å². The van der Waals surface area contributed by atoms with E-state index in [0.717, 1.165) is 25.7 Å². The first kappa shape index (κ1) is 26.2. The van der Waals surface area contributed by atoms with Crippen molar-refractivity contribution in [2.75, 3.05) is 0 Å². The van der Waals surface area contributed by atoms with Crippen LogP contribution in [-0.4, -0.2) is 33.5 Å². The van der Waals surface area contributed by atoms with Crippen LogP contribution in [-0.2, 0) is 9.53 Å². The van der Waals surface area contributed by atoms with Crippen molar-refractivity contribution in [2.24, 2.45) is 39.9 Å². The second kappa shape index (κ2) is 8.33. The molecule has 1 heterocycles. The lowest BCUT2D eigenvalue weighted by molar-refractivity contribution is -0.187. The van der Waals surface area contributed by atoms with E-state index >= 15 is 0 Å². The van der Waals surface area contributed by atoms with Crippen LogP contribution in [0.5, 0.6) is 0 Å². The zero-order chi connectivity index (χ0) is 25.3. The van der Waals surface area contributed by atoms with E-state index in [1.807, 2.05) is 13.8 Å². The minimum absolute atomic E-state index is 0.0109. The largest absolute Gasteiger partial charge is 0.481 e. The van der Waals surface area contributed by atoms with E-state index in [1.165, 1.54) is 37.7 Å². The van der Waals surface area contributed by atoms with Gasteiger partial charge in [-0.25, -0.2) is 0 Å². The van der Waals surface area contributed by atoms with Gasteiger partial charge in [-0.05, 0) is 125 Å². The van der Waals surface area contributed by atoms with Crippen molar-refractivity contribution in [3.05, 3.63) is 12.2 Å². The third-order valence-electron chi connectivity index (χ3n) is 12.0. The number of hydrogen-bond acceptors (Lipinski definition) is 3. The minimum Gasteiger partial charge on any atom is -0.481 e. The van der Waals surface area contributed by atoms with Gasteiger partial charge < -0.3 is 14.9 Å². The van der Waals surface area contributed by atoms with Crippen LogP contribution in [0, 0.1) is 39.9 Å². The first-order valence-electron chi connectivity index (χ1n) is 13.9. The van der Waals surface area contributed by atoms with Gasteiger partial charge in [-0.1, -0.05) is 32.9 Å². The molecule has 0 aromatic carbocycles. The van der Waals surface area contributed by atoms with E-state index < -0.39 is 11.6 Å². The summed E-state index contributed by atoms with van der Waals surface area (Å²) in [6.07, 6.45) is 10.0. The first-order valence-corrected chi connectivity index (χ1v) is 13.9. The molecule has 0 amide bonds. The van der Waals surface area contributed by atoms with Gasteiger partial charge in [0.2, 0.25) is 0 Å². The summed E-state index contributed by atoms with van der Waals surface area (Å²) in [7, 11) is 0. The van der Waals surface area contributed by atoms with Crippen LogP contribution >= 0.6 is 0 Å². The quantitative estimate of drug-likeness (QED) is 0.407. The van der Waals surface area contributed by atoms with Crippen LogP contribution in [0.2, 0.25) is 0 Å². The average molecular weight is 475 g/mol. The lowest BCUT2D eigenvalue weighted by Gasteiger charge is -2.66. The fourth-order valence-corrected chi connectivity index (χ4v) is 10.0. The second-order valence-electron chi connectivity index (χ2n) is 14.2. The van der Waals surface area contributed by atoms with Gasteiger partial charge in [0, 0.05) is 6.42 Å². The molecule has 0 bridgehead atoms. The maximum Gasteiger partial charge on any atom is 0.303 e. The maximum atomic E-state index is 11.6. The zero-order valence-corrected chi connectivity index (χ0v) is 22.9. The summed E-state index contributed by atoms with van der Waals surface area (Å²) >= 11 is 0. The molecule has 4 aliphatic rings. The van der Waals surface area contributed by atoms with Gasteiger partial charge in [0.05, 0.1) is 17.3 Å². The lowest BCUT2D eigenvalue weighted by Crippen LogP contribution is -2.60. The van der Waals surface area contributed by atoms with Crippen molar-refractivity contribution in [3.8, 4) is 0 Å². The van der Waals surface area contributed by atoms with Crippen molar-refractivity contribution in [1.29, 1.82) is 0 Å². The van der Waals surface area contributed by atoms with Crippen molar-refractivity contribution < 1.29 is 19.7 Å². The molecule has 4 heteroatoms. The van der Waals surface area contributed by atoms with Crippen LogP contribution in [0.1, 0.15) is 113 Å². The fraction of sp³-hybridized carbons (Fsp3) is 0.900. The van der Waals surface area contributed by atoms with Crippen LogP contribution in [0.4, 0.5) is 0 Å². The number of carboxylic acid groups (broad SMARTS) is 1. The SMILES string of the molecule is C=C(C)[C@@H]1CC[C@]2(C)[C@H](CC[C@H]3[C@@H]([C@]4(C)CC[C@H](C(C)(C)O)O4)CC[C@]32C)[C@@]1(C)CCC(=O)O. The summed E-state index contributed by atoms with van der Waals surface area (Å²) in [5.41, 5.74) is 0.714. The molecule has 4 fully saturated rings. The Morgan fingerprint density at radius 3 is 2.18 bits per heavy atom. The third-order valence-corrected chi connectivity index (χ3v) is 12.0. The number of hydrogen-bond donors (Lipinski definition) is 2. The summed E-state index contributed by atoms with van der Waals surface area (Å²) in [5, 5.41) is 20.2. The Kier molecular flexibility index (Phi) is 6.42. The van der Waals surface area contributed by atoms with Crippen LogP contribution in [0.3, 0.4) is 0 Å².